The first-order valence-corrected chi connectivity index (χ1v) is 9.03. The van der Waals surface area contributed by atoms with Crippen LogP contribution in [0.3, 0.4) is 0 Å². The summed E-state index contributed by atoms with van der Waals surface area (Å²) in [5, 5.41) is 16.3. The van der Waals surface area contributed by atoms with Gasteiger partial charge in [0.25, 0.3) is 0 Å². The smallest absolute Gasteiger partial charge is 0.298 e. The first-order chi connectivity index (χ1) is 12.0. The minimum Gasteiger partial charge on any atom is -0.298 e. The van der Waals surface area contributed by atoms with Crippen molar-refractivity contribution in [3.05, 3.63) is 67.9 Å². The molecule has 9 heteroatoms. The Morgan fingerprint density at radius 3 is 2.68 bits per heavy atom. The molecule has 1 amide bonds. The van der Waals surface area contributed by atoms with Crippen LogP contribution in [0.25, 0.3) is 17.3 Å². The predicted molar refractivity (Wildman–Crippen MR) is 101 cm³/mol. The lowest BCUT2D eigenvalue weighted by Gasteiger charge is -1.97. The van der Waals surface area contributed by atoms with Crippen LogP contribution in [-0.4, -0.2) is 15.8 Å². The molecule has 0 aliphatic heterocycles. The standard InChI is InChI=1S/C16H10ClN3O3S2/c17-11-3-1-10(2-4-11)13-9-24-16(18-13)19-14(21)7-5-12-6-8-15(25-12)20(22)23/h1-9H,(H,18,19,21). The molecule has 2 heterocycles. The van der Waals surface area contributed by atoms with E-state index in [-0.39, 0.29) is 10.9 Å². The van der Waals surface area contributed by atoms with Crippen molar-refractivity contribution >= 4 is 56.4 Å². The minimum absolute atomic E-state index is 0.0348. The number of anilines is 1. The topological polar surface area (TPSA) is 85.1 Å². The van der Waals surface area contributed by atoms with E-state index in [4.69, 9.17) is 11.6 Å². The molecule has 0 aliphatic rings. The lowest BCUT2D eigenvalue weighted by atomic mass is 10.2. The van der Waals surface area contributed by atoms with E-state index in [0.29, 0.717) is 15.0 Å². The molecule has 0 bridgehead atoms. The average molecular weight is 392 g/mol. The van der Waals surface area contributed by atoms with Crippen molar-refractivity contribution in [2.24, 2.45) is 0 Å². The number of thiazole rings is 1. The highest BCUT2D eigenvalue weighted by atomic mass is 35.5. The molecule has 1 aromatic carbocycles. The van der Waals surface area contributed by atoms with Crippen LogP contribution >= 0.6 is 34.3 Å². The predicted octanol–water partition coefficient (Wildman–Crippen LogP) is 5.09. The van der Waals surface area contributed by atoms with Gasteiger partial charge in [0.2, 0.25) is 5.91 Å². The zero-order chi connectivity index (χ0) is 17.8. The number of hydrogen-bond donors (Lipinski definition) is 1. The van der Waals surface area contributed by atoms with Gasteiger partial charge in [-0.15, -0.1) is 11.3 Å². The summed E-state index contributed by atoms with van der Waals surface area (Å²) >= 11 is 8.17. The molecular weight excluding hydrogens is 382 g/mol. The Morgan fingerprint density at radius 2 is 2.00 bits per heavy atom. The van der Waals surface area contributed by atoms with Crippen LogP contribution in [-0.2, 0) is 4.79 Å². The van der Waals surface area contributed by atoms with E-state index >= 15 is 0 Å². The first kappa shape index (κ1) is 17.3. The molecule has 0 fully saturated rings. The number of nitrogens with zero attached hydrogens (tertiary/aromatic N) is 2. The number of nitrogens with one attached hydrogen (secondary N) is 1. The fraction of sp³-hybridized carbons (Fsp3) is 0. The monoisotopic (exact) mass is 391 g/mol. The van der Waals surface area contributed by atoms with Gasteiger partial charge in [-0.05, 0) is 24.3 Å². The van der Waals surface area contributed by atoms with Crippen LogP contribution in [0, 0.1) is 10.1 Å². The van der Waals surface area contributed by atoms with Crippen LogP contribution in [0.4, 0.5) is 10.1 Å². The lowest BCUT2D eigenvalue weighted by Crippen LogP contribution is -2.07. The molecule has 0 radical (unpaired) electrons. The number of carbonyl (C=O) groups excluding carboxylic acids is 1. The molecule has 126 valence electrons. The fourth-order valence-corrected chi connectivity index (χ4v) is 3.49. The van der Waals surface area contributed by atoms with E-state index in [2.05, 4.69) is 10.3 Å². The van der Waals surface area contributed by atoms with E-state index in [1.807, 2.05) is 17.5 Å². The Hall–Kier alpha value is -2.55. The summed E-state index contributed by atoms with van der Waals surface area (Å²) in [5.74, 6) is -0.354. The molecule has 1 N–H and O–H groups in total. The molecule has 6 nitrogen and oxygen atoms in total. The Balaban J connectivity index is 1.64. The second-order valence-corrected chi connectivity index (χ2v) is 7.19. The number of amides is 1. The van der Waals surface area contributed by atoms with Crippen molar-refractivity contribution in [2.75, 3.05) is 5.32 Å². The van der Waals surface area contributed by atoms with Crippen LogP contribution in [0.2, 0.25) is 5.02 Å². The lowest BCUT2D eigenvalue weighted by molar-refractivity contribution is -0.380. The normalized spacial score (nSPS) is 10.9. The second kappa shape index (κ2) is 7.56. The molecular formula is C16H10ClN3O3S2. The minimum atomic E-state index is -0.462. The molecule has 25 heavy (non-hydrogen) atoms. The summed E-state index contributed by atoms with van der Waals surface area (Å²) < 4.78 is 0. The van der Waals surface area contributed by atoms with Crippen molar-refractivity contribution in [1.29, 1.82) is 0 Å². The third-order valence-corrected chi connectivity index (χ3v) is 5.08. The van der Waals surface area contributed by atoms with Crippen LogP contribution in [0.1, 0.15) is 4.88 Å². The zero-order valence-corrected chi connectivity index (χ0v) is 14.9. The van der Waals surface area contributed by atoms with Gasteiger partial charge in [-0.2, -0.15) is 0 Å². The van der Waals surface area contributed by atoms with Gasteiger partial charge in [0.05, 0.1) is 10.6 Å². The highest BCUT2D eigenvalue weighted by Crippen LogP contribution is 2.27. The summed E-state index contributed by atoms with van der Waals surface area (Å²) in [7, 11) is 0. The second-order valence-electron chi connectivity index (χ2n) is 4.80. The molecule has 0 saturated carbocycles. The molecule has 0 atom stereocenters. The van der Waals surface area contributed by atoms with Crippen LogP contribution < -0.4 is 5.32 Å². The molecule has 0 spiro atoms. The van der Waals surface area contributed by atoms with Crippen LogP contribution in [0.5, 0.6) is 0 Å². The van der Waals surface area contributed by atoms with Gasteiger partial charge in [-0.3, -0.25) is 20.2 Å². The number of rotatable bonds is 5. The molecule has 2 aromatic heterocycles. The number of aromatic nitrogens is 1. The van der Waals surface area contributed by atoms with E-state index in [0.717, 1.165) is 22.6 Å². The third kappa shape index (κ3) is 4.50. The van der Waals surface area contributed by atoms with Crippen molar-refractivity contribution < 1.29 is 9.72 Å². The van der Waals surface area contributed by atoms with Gasteiger partial charge < -0.3 is 0 Å². The van der Waals surface area contributed by atoms with Gasteiger partial charge in [0.15, 0.2) is 5.13 Å². The molecule has 0 aliphatic carbocycles. The van der Waals surface area contributed by atoms with E-state index < -0.39 is 4.92 Å². The largest absolute Gasteiger partial charge is 0.324 e. The zero-order valence-electron chi connectivity index (χ0n) is 12.5. The maximum Gasteiger partial charge on any atom is 0.324 e. The molecule has 0 saturated heterocycles. The first-order valence-electron chi connectivity index (χ1n) is 6.96. The van der Waals surface area contributed by atoms with Crippen LogP contribution in [0.15, 0.2) is 47.9 Å². The number of nitro groups is 1. The Morgan fingerprint density at radius 1 is 1.24 bits per heavy atom. The summed E-state index contributed by atoms with van der Waals surface area (Å²) in [4.78, 5) is 27.1. The van der Waals surface area contributed by atoms with Gasteiger partial charge in [-0.1, -0.05) is 35.1 Å². The summed E-state index contributed by atoms with van der Waals surface area (Å²) in [6, 6.07) is 10.3. The number of carbonyl (C=O) groups is 1. The van der Waals surface area contributed by atoms with Crippen molar-refractivity contribution in [2.45, 2.75) is 0 Å². The average Bonchev–Trinajstić information content (AvgIpc) is 3.23. The van der Waals surface area contributed by atoms with Crippen molar-refractivity contribution in [3.63, 3.8) is 0 Å². The Labute approximate surface area is 155 Å². The van der Waals surface area contributed by atoms with Gasteiger partial charge in [0, 0.05) is 33.0 Å². The SMILES string of the molecule is O=C(C=Cc1ccc([N+](=O)[O-])s1)Nc1nc(-c2ccc(Cl)cc2)cs1. The third-order valence-electron chi connectivity index (χ3n) is 3.07. The highest BCUT2D eigenvalue weighted by Gasteiger charge is 2.09. The summed E-state index contributed by atoms with van der Waals surface area (Å²) in [5.41, 5.74) is 1.65. The fourth-order valence-electron chi connectivity index (χ4n) is 1.92. The maximum absolute atomic E-state index is 11.9. The number of benzene rings is 1. The van der Waals surface area contributed by atoms with E-state index in [9.17, 15) is 14.9 Å². The number of hydrogen-bond acceptors (Lipinski definition) is 6. The van der Waals surface area contributed by atoms with Gasteiger partial charge in [-0.25, -0.2) is 4.98 Å². The van der Waals surface area contributed by atoms with Gasteiger partial charge in [0.1, 0.15) is 0 Å². The van der Waals surface area contributed by atoms with Gasteiger partial charge >= 0.3 is 5.00 Å². The summed E-state index contributed by atoms with van der Waals surface area (Å²) in [6.45, 7) is 0. The number of thiophene rings is 1. The highest BCUT2D eigenvalue weighted by molar-refractivity contribution is 7.16. The van der Waals surface area contributed by atoms with Crippen molar-refractivity contribution in [1.82, 2.24) is 4.98 Å². The van der Waals surface area contributed by atoms with E-state index in [1.165, 1.54) is 29.6 Å². The molecule has 3 aromatic rings. The van der Waals surface area contributed by atoms with Crippen molar-refractivity contribution in [3.8, 4) is 11.3 Å². The summed E-state index contributed by atoms with van der Waals surface area (Å²) in [6.07, 6.45) is 2.85. The Bertz CT molecular complexity index is 948. The molecule has 3 rings (SSSR count). The molecule has 0 unspecified atom stereocenters. The quantitative estimate of drug-likeness (QED) is 0.373. The maximum atomic E-state index is 11.9. The van der Waals surface area contributed by atoms with E-state index in [1.54, 1.807) is 18.2 Å². The Kier molecular flexibility index (Phi) is 5.22. The number of halogens is 1.